The van der Waals surface area contributed by atoms with Crippen LogP contribution in [0.5, 0.6) is 0 Å². The summed E-state index contributed by atoms with van der Waals surface area (Å²) in [6.07, 6.45) is 4.91. The van der Waals surface area contributed by atoms with Gasteiger partial charge in [-0.2, -0.15) is 10.5 Å². The van der Waals surface area contributed by atoms with E-state index in [4.69, 9.17) is 10.5 Å². The van der Waals surface area contributed by atoms with Crippen molar-refractivity contribution in [2.45, 2.75) is 43.9 Å². The smallest absolute Gasteiger partial charge is 0.0621 e. The van der Waals surface area contributed by atoms with Crippen LogP contribution in [0.3, 0.4) is 0 Å². The van der Waals surface area contributed by atoms with Crippen LogP contribution in [0.4, 0.5) is 0 Å². The van der Waals surface area contributed by atoms with E-state index in [-0.39, 0.29) is 5.41 Å². The Morgan fingerprint density at radius 2 is 1.13 bits per heavy atom. The van der Waals surface area contributed by atoms with E-state index in [1.54, 1.807) is 0 Å². The molecule has 0 spiro atoms. The fourth-order valence-corrected chi connectivity index (χ4v) is 4.02. The minimum atomic E-state index is -0.0408. The summed E-state index contributed by atoms with van der Waals surface area (Å²) in [4.78, 5) is 0. The second-order valence-electron chi connectivity index (χ2n) is 6.20. The molecule has 0 unspecified atom stereocenters. The standard InChI is InChI=1S/C21H20N2/c22-15-7-5-13-21(14-6-8-16-23)19-11-3-1-9-17(19)18-10-2-4-12-20(18)21/h1-4,9-12H,5-8,13-14H2. The second-order valence-corrected chi connectivity index (χ2v) is 6.20. The molecule has 0 heterocycles. The molecule has 0 amide bonds. The highest BCUT2D eigenvalue weighted by Gasteiger charge is 2.41. The number of nitrogens with zero attached hydrogens (tertiary/aromatic N) is 2. The molecule has 2 heteroatoms. The van der Waals surface area contributed by atoms with Crippen LogP contribution < -0.4 is 0 Å². The van der Waals surface area contributed by atoms with E-state index in [1.807, 2.05) is 0 Å². The molecule has 2 aromatic carbocycles. The summed E-state index contributed by atoms with van der Waals surface area (Å²) < 4.78 is 0. The summed E-state index contributed by atoms with van der Waals surface area (Å²) in [6, 6.07) is 21.8. The Kier molecular flexibility index (Phi) is 4.45. The van der Waals surface area contributed by atoms with Gasteiger partial charge in [0, 0.05) is 18.3 Å². The Bertz CT molecular complexity index is 709. The van der Waals surface area contributed by atoms with Gasteiger partial charge in [-0.1, -0.05) is 48.5 Å². The van der Waals surface area contributed by atoms with Crippen molar-refractivity contribution in [3.8, 4) is 23.3 Å². The van der Waals surface area contributed by atoms with Crippen LogP contribution in [0.1, 0.15) is 49.7 Å². The molecule has 0 N–H and O–H groups in total. The largest absolute Gasteiger partial charge is 0.198 e. The van der Waals surface area contributed by atoms with E-state index in [1.165, 1.54) is 22.3 Å². The molecule has 0 atom stereocenters. The third-order valence-corrected chi connectivity index (χ3v) is 4.96. The van der Waals surface area contributed by atoms with E-state index in [2.05, 4.69) is 60.7 Å². The number of hydrogen-bond donors (Lipinski definition) is 0. The first-order valence-corrected chi connectivity index (χ1v) is 8.27. The Morgan fingerprint density at radius 3 is 1.57 bits per heavy atom. The van der Waals surface area contributed by atoms with Crippen molar-refractivity contribution in [3.63, 3.8) is 0 Å². The predicted octanol–water partition coefficient (Wildman–Crippen LogP) is 5.34. The molecule has 0 aliphatic heterocycles. The molecule has 114 valence electrons. The first-order chi connectivity index (χ1) is 11.3. The maximum absolute atomic E-state index is 8.94. The van der Waals surface area contributed by atoms with Gasteiger partial charge in [0.2, 0.25) is 0 Å². The maximum atomic E-state index is 8.94. The van der Waals surface area contributed by atoms with Crippen LogP contribution in [-0.2, 0) is 5.41 Å². The summed E-state index contributed by atoms with van der Waals surface area (Å²) in [5.74, 6) is 0. The molecule has 3 rings (SSSR count). The van der Waals surface area contributed by atoms with E-state index < -0.39 is 0 Å². The van der Waals surface area contributed by atoms with Crippen molar-refractivity contribution < 1.29 is 0 Å². The Hall–Kier alpha value is -2.58. The first kappa shape index (κ1) is 15.3. The van der Waals surface area contributed by atoms with Crippen LogP contribution in [-0.4, -0.2) is 0 Å². The topological polar surface area (TPSA) is 47.6 Å². The van der Waals surface area contributed by atoms with Gasteiger partial charge in [0.15, 0.2) is 0 Å². The molecule has 23 heavy (non-hydrogen) atoms. The summed E-state index contributed by atoms with van der Waals surface area (Å²) in [6.45, 7) is 0. The Balaban J connectivity index is 2.09. The van der Waals surface area contributed by atoms with Gasteiger partial charge in [0.25, 0.3) is 0 Å². The maximum Gasteiger partial charge on any atom is 0.0621 e. The average Bonchev–Trinajstić information content (AvgIpc) is 2.87. The van der Waals surface area contributed by atoms with Crippen LogP contribution in [0.2, 0.25) is 0 Å². The highest BCUT2D eigenvalue weighted by molar-refractivity contribution is 5.80. The molecule has 0 saturated carbocycles. The minimum absolute atomic E-state index is 0.0408. The quantitative estimate of drug-likeness (QED) is 0.676. The van der Waals surface area contributed by atoms with Crippen LogP contribution in [0.25, 0.3) is 11.1 Å². The van der Waals surface area contributed by atoms with Gasteiger partial charge in [-0.25, -0.2) is 0 Å². The van der Waals surface area contributed by atoms with E-state index >= 15 is 0 Å². The SMILES string of the molecule is N#CCCCC1(CCCC#N)c2ccccc2-c2ccccc21. The third-order valence-electron chi connectivity index (χ3n) is 4.96. The third kappa shape index (κ3) is 2.62. The van der Waals surface area contributed by atoms with Crippen molar-refractivity contribution in [2.75, 3.05) is 0 Å². The van der Waals surface area contributed by atoms with Crippen molar-refractivity contribution >= 4 is 0 Å². The number of hydrogen-bond acceptors (Lipinski definition) is 2. The lowest BCUT2D eigenvalue weighted by Crippen LogP contribution is -2.25. The molecule has 0 radical (unpaired) electrons. The molecule has 0 aromatic heterocycles. The number of nitriles is 2. The highest BCUT2D eigenvalue weighted by Crippen LogP contribution is 2.53. The van der Waals surface area contributed by atoms with E-state index in [0.29, 0.717) is 12.8 Å². The van der Waals surface area contributed by atoms with Crippen molar-refractivity contribution in [1.29, 1.82) is 10.5 Å². The van der Waals surface area contributed by atoms with Gasteiger partial charge < -0.3 is 0 Å². The summed E-state index contributed by atoms with van der Waals surface area (Å²) in [5.41, 5.74) is 5.34. The van der Waals surface area contributed by atoms with Crippen molar-refractivity contribution in [2.24, 2.45) is 0 Å². The van der Waals surface area contributed by atoms with E-state index in [9.17, 15) is 0 Å². The van der Waals surface area contributed by atoms with Crippen molar-refractivity contribution in [1.82, 2.24) is 0 Å². The molecule has 0 fully saturated rings. The van der Waals surface area contributed by atoms with Gasteiger partial charge in [-0.05, 0) is 47.9 Å². The number of fused-ring (bicyclic) bond motifs is 3. The molecule has 1 aliphatic rings. The van der Waals surface area contributed by atoms with E-state index in [0.717, 1.165) is 25.7 Å². The first-order valence-electron chi connectivity index (χ1n) is 8.27. The molecular formula is C21H20N2. The van der Waals surface area contributed by atoms with Gasteiger partial charge >= 0.3 is 0 Å². The van der Waals surface area contributed by atoms with Gasteiger partial charge in [0.05, 0.1) is 12.1 Å². The Labute approximate surface area is 138 Å². The monoisotopic (exact) mass is 300 g/mol. The zero-order valence-corrected chi connectivity index (χ0v) is 13.3. The zero-order chi connectivity index (χ0) is 16.1. The van der Waals surface area contributed by atoms with Crippen LogP contribution in [0.15, 0.2) is 48.5 Å². The van der Waals surface area contributed by atoms with Crippen LogP contribution in [0, 0.1) is 22.7 Å². The fraction of sp³-hybridized carbons (Fsp3) is 0.333. The lowest BCUT2D eigenvalue weighted by atomic mass is 9.71. The fourth-order valence-electron chi connectivity index (χ4n) is 4.02. The van der Waals surface area contributed by atoms with Crippen molar-refractivity contribution in [3.05, 3.63) is 59.7 Å². The second kappa shape index (κ2) is 6.67. The predicted molar refractivity (Wildman–Crippen MR) is 91.6 cm³/mol. The molecule has 0 saturated heterocycles. The summed E-state index contributed by atoms with van der Waals surface area (Å²) in [5, 5.41) is 17.9. The summed E-state index contributed by atoms with van der Waals surface area (Å²) >= 11 is 0. The molecule has 1 aliphatic carbocycles. The lowest BCUT2D eigenvalue weighted by Gasteiger charge is -2.32. The average molecular weight is 300 g/mol. The molecule has 2 nitrogen and oxygen atoms in total. The zero-order valence-electron chi connectivity index (χ0n) is 13.3. The molecular weight excluding hydrogens is 280 g/mol. The Morgan fingerprint density at radius 1 is 0.696 bits per heavy atom. The number of rotatable bonds is 6. The lowest BCUT2D eigenvalue weighted by molar-refractivity contribution is 0.423. The molecule has 0 bridgehead atoms. The summed E-state index contributed by atoms with van der Waals surface area (Å²) in [7, 11) is 0. The van der Waals surface area contributed by atoms with Crippen LogP contribution >= 0.6 is 0 Å². The normalized spacial score (nSPS) is 13.7. The van der Waals surface area contributed by atoms with Gasteiger partial charge in [-0.15, -0.1) is 0 Å². The number of benzene rings is 2. The molecule has 2 aromatic rings. The number of unbranched alkanes of at least 4 members (excludes halogenated alkanes) is 2. The van der Waals surface area contributed by atoms with Gasteiger partial charge in [-0.3, -0.25) is 0 Å². The van der Waals surface area contributed by atoms with Gasteiger partial charge in [0.1, 0.15) is 0 Å². The minimum Gasteiger partial charge on any atom is -0.198 e. The highest BCUT2D eigenvalue weighted by atomic mass is 14.4.